The SMILES string of the molecule is CC(NN)c1ccc(O)c(O)c1O. The summed E-state index contributed by atoms with van der Waals surface area (Å²) in [6.07, 6.45) is 0. The van der Waals surface area contributed by atoms with Crippen LogP contribution in [0, 0.1) is 0 Å². The van der Waals surface area contributed by atoms with E-state index in [1.807, 2.05) is 0 Å². The van der Waals surface area contributed by atoms with Crippen molar-refractivity contribution >= 4 is 0 Å². The molecule has 5 nitrogen and oxygen atoms in total. The van der Waals surface area contributed by atoms with Crippen molar-refractivity contribution in [2.24, 2.45) is 5.84 Å². The van der Waals surface area contributed by atoms with Gasteiger partial charge in [-0.1, -0.05) is 0 Å². The zero-order valence-corrected chi connectivity index (χ0v) is 7.15. The minimum atomic E-state index is -0.528. The standard InChI is InChI=1S/C8H12N2O3/c1-4(10-9)5-2-3-6(11)8(13)7(5)12/h2-4,10-13H,9H2,1H3. The predicted molar refractivity (Wildman–Crippen MR) is 47.2 cm³/mol. The van der Waals surface area contributed by atoms with E-state index in [-0.39, 0.29) is 17.5 Å². The van der Waals surface area contributed by atoms with Crippen LogP contribution in [0.1, 0.15) is 18.5 Å². The van der Waals surface area contributed by atoms with E-state index in [2.05, 4.69) is 5.43 Å². The minimum absolute atomic E-state index is 0.300. The topological polar surface area (TPSA) is 98.7 Å². The Kier molecular flexibility index (Phi) is 2.60. The lowest BCUT2D eigenvalue weighted by Gasteiger charge is -2.13. The third-order valence-electron chi connectivity index (χ3n) is 1.88. The number of hydrogen-bond donors (Lipinski definition) is 5. The number of phenols is 3. The summed E-state index contributed by atoms with van der Waals surface area (Å²) >= 11 is 0. The van der Waals surface area contributed by atoms with Gasteiger partial charge in [0.05, 0.1) is 0 Å². The van der Waals surface area contributed by atoms with E-state index in [1.54, 1.807) is 6.92 Å². The molecule has 0 heterocycles. The molecule has 1 unspecified atom stereocenters. The number of benzene rings is 1. The number of nitrogens with one attached hydrogen (secondary N) is 1. The summed E-state index contributed by atoms with van der Waals surface area (Å²) in [4.78, 5) is 0. The molecule has 1 aromatic rings. The van der Waals surface area contributed by atoms with Crippen molar-refractivity contribution in [1.82, 2.24) is 5.43 Å². The summed E-state index contributed by atoms with van der Waals surface area (Å²) in [5.74, 6) is 3.92. The summed E-state index contributed by atoms with van der Waals surface area (Å²) in [7, 11) is 0. The zero-order valence-electron chi connectivity index (χ0n) is 7.15. The van der Waals surface area contributed by atoms with Crippen molar-refractivity contribution < 1.29 is 15.3 Å². The Morgan fingerprint density at radius 3 is 2.38 bits per heavy atom. The molecule has 1 atom stereocenters. The van der Waals surface area contributed by atoms with Crippen molar-refractivity contribution in [3.63, 3.8) is 0 Å². The molecule has 0 bridgehead atoms. The molecule has 0 aliphatic heterocycles. The van der Waals surface area contributed by atoms with Gasteiger partial charge >= 0.3 is 0 Å². The second-order valence-corrected chi connectivity index (χ2v) is 2.76. The Morgan fingerprint density at radius 2 is 1.85 bits per heavy atom. The average Bonchev–Trinajstić information content (AvgIpc) is 2.13. The molecule has 0 radical (unpaired) electrons. The normalized spacial score (nSPS) is 12.8. The Bertz CT molecular complexity index is 315. The third-order valence-corrected chi connectivity index (χ3v) is 1.88. The molecule has 0 saturated carbocycles. The second kappa shape index (κ2) is 3.51. The van der Waals surface area contributed by atoms with E-state index in [1.165, 1.54) is 12.1 Å². The van der Waals surface area contributed by atoms with Crippen LogP contribution in [0.5, 0.6) is 17.2 Å². The van der Waals surface area contributed by atoms with Gasteiger partial charge < -0.3 is 15.3 Å². The summed E-state index contributed by atoms with van der Waals surface area (Å²) in [5.41, 5.74) is 2.84. The highest BCUT2D eigenvalue weighted by Crippen LogP contribution is 2.39. The van der Waals surface area contributed by atoms with E-state index in [4.69, 9.17) is 16.1 Å². The van der Waals surface area contributed by atoms with Crippen LogP contribution in [0.15, 0.2) is 12.1 Å². The number of aromatic hydroxyl groups is 3. The van der Waals surface area contributed by atoms with Crippen LogP contribution < -0.4 is 11.3 Å². The van der Waals surface area contributed by atoms with Crippen molar-refractivity contribution in [2.75, 3.05) is 0 Å². The molecule has 1 aromatic carbocycles. The van der Waals surface area contributed by atoms with Gasteiger partial charge in [0.25, 0.3) is 0 Å². The second-order valence-electron chi connectivity index (χ2n) is 2.76. The van der Waals surface area contributed by atoms with Crippen LogP contribution in [0.3, 0.4) is 0 Å². The molecule has 0 spiro atoms. The van der Waals surface area contributed by atoms with Crippen LogP contribution in [0.4, 0.5) is 0 Å². The number of rotatable bonds is 2. The van der Waals surface area contributed by atoms with Gasteiger partial charge in [0.1, 0.15) is 0 Å². The van der Waals surface area contributed by atoms with E-state index < -0.39 is 5.75 Å². The molecule has 0 saturated heterocycles. The lowest BCUT2D eigenvalue weighted by molar-refractivity contribution is 0.361. The molecule has 0 aliphatic rings. The molecule has 0 aromatic heterocycles. The van der Waals surface area contributed by atoms with Crippen molar-refractivity contribution in [2.45, 2.75) is 13.0 Å². The quantitative estimate of drug-likeness (QED) is 0.259. The zero-order chi connectivity index (χ0) is 10.0. The first kappa shape index (κ1) is 9.63. The van der Waals surface area contributed by atoms with Crippen LogP contribution in [-0.4, -0.2) is 15.3 Å². The molecule has 5 heteroatoms. The molecule has 0 fully saturated rings. The molecule has 0 aliphatic carbocycles. The number of phenolic OH excluding ortho intramolecular Hbond substituents is 3. The summed E-state index contributed by atoms with van der Waals surface area (Å²) in [6, 6.07) is 2.47. The largest absolute Gasteiger partial charge is 0.504 e. The molecule has 0 amide bonds. The van der Waals surface area contributed by atoms with Crippen LogP contribution in [-0.2, 0) is 0 Å². The smallest absolute Gasteiger partial charge is 0.200 e. The first-order chi connectivity index (χ1) is 6.07. The van der Waals surface area contributed by atoms with Crippen LogP contribution in [0.2, 0.25) is 0 Å². The summed E-state index contributed by atoms with van der Waals surface area (Å²) in [5, 5.41) is 27.6. The fourth-order valence-electron chi connectivity index (χ4n) is 1.02. The van der Waals surface area contributed by atoms with Crippen molar-refractivity contribution in [1.29, 1.82) is 0 Å². The van der Waals surface area contributed by atoms with Crippen molar-refractivity contribution in [3.8, 4) is 17.2 Å². The Morgan fingerprint density at radius 1 is 1.23 bits per heavy atom. The van der Waals surface area contributed by atoms with E-state index in [0.29, 0.717) is 5.56 Å². The van der Waals surface area contributed by atoms with Gasteiger partial charge in [-0.15, -0.1) is 0 Å². The van der Waals surface area contributed by atoms with Gasteiger partial charge in [-0.25, -0.2) is 0 Å². The fourth-order valence-corrected chi connectivity index (χ4v) is 1.02. The monoisotopic (exact) mass is 184 g/mol. The van der Waals surface area contributed by atoms with Crippen LogP contribution in [0.25, 0.3) is 0 Å². The molecule has 6 N–H and O–H groups in total. The summed E-state index contributed by atoms with van der Waals surface area (Å²) < 4.78 is 0. The number of hydrazine groups is 1. The third kappa shape index (κ3) is 1.66. The van der Waals surface area contributed by atoms with Crippen molar-refractivity contribution in [3.05, 3.63) is 17.7 Å². The van der Waals surface area contributed by atoms with Gasteiger partial charge in [0.15, 0.2) is 11.5 Å². The van der Waals surface area contributed by atoms with E-state index >= 15 is 0 Å². The first-order valence-corrected chi connectivity index (χ1v) is 3.77. The lowest BCUT2D eigenvalue weighted by atomic mass is 10.1. The molecule has 1 rings (SSSR count). The molecular weight excluding hydrogens is 172 g/mol. The minimum Gasteiger partial charge on any atom is -0.504 e. The number of nitrogens with two attached hydrogens (primary N) is 1. The Hall–Kier alpha value is -1.46. The highest BCUT2D eigenvalue weighted by atomic mass is 16.3. The Balaban J connectivity index is 3.18. The maximum atomic E-state index is 9.37. The van der Waals surface area contributed by atoms with E-state index in [9.17, 15) is 5.11 Å². The van der Waals surface area contributed by atoms with E-state index in [0.717, 1.165) is 0 Å². The highest BCUT2D eigenvalue weighted by molar-refractivity contribution is 5.53. The maximum absolute atomic E-state index is 9.37. The van der Waals surface area contributed by atoms with Crippen LogP contribution >= 0.6 is 0 Å². The summed E-state index contributed by atoms with van der Waals surface area (Å²) in [6.45, 7) is 1.71. The first-order valence-electron chi connectivity index (χ1n) is 3.77. The highest BCUT2D eigenvalue weighted by Gasteiger charge is 2.14. The molecule has 72 valence electrons. The maximum Gasteiger partial charge on any atom is 0.200 e. The van der Waals surface area contributed by atoms with Gasteiger partial charge in [-0.05, 0) is 19.1 Å². The van der Waals surface area contributed by atoms with Gasteiger partial charge in [0.2, 0.25) is 5.75 Å². The fraction of sp³-hybridized carbons (Fsp3) is 0.250. The molecular formula is C8H12N2O3. The van der Waals surface area contributed by atoms with Gasteiger partial charge in [0, 0.05) is 11.6 Å². The lowest BCUT2D eigenvalue weighted by Crippen LogP contribution is -2.25. The Labute approximate surface area is 75.4 Å². The van der Waals surface area contributed by atoms with Gasteiger partial charge in [-0.3, -0.25) is 11.3 Å². The van der Waals surface area contributed by atoms with Gasteiger partial charge in [-0.2, -0.15) is 0 Å². The average molecular weight is 184 g/mol. The predicted octanol–water partition coefficient (Wildman–Crippen LogP) is 0.328. The number of hydrogen-bond acceptors (Lipinski definition) is 5. The molecule has 13 heavy (non-hydrogen) atoms.